The van der Waals surface area contributed by atoms with E-state index in [0.717, 1.165) is 8.66 Å². The van der Waals surface area contributed by atoms with E-state index < -0.39 is 5.82 Å². The lowest BCUT2D eigenvalue weighted by Crippen LogP contribution is -2.06. The highest BCUT2D eigenvalue weighted by Gasteiger charge is 2.10. The van der Waals surface area contributed by atoms with E-state index in [1.807, 2.05) is 25.1 Å². The van der Waals surface area contributed by atoms with Crippen molar-refractivity contribution in [3.63, 3.8) is 0 Å². The summed E-state index contributed by atoms with van der Waals surface area (Å²) in [4.78, 5) is 1.12. The molecule has 5 heteroatoms. The minimum Gasteiger partial charge on any atom is -0.375 e. The molecule has 0 amide bonds. The zero-order valence-corrected chi connectivity index (χ0v) is 12.0. The average Bonchev–Trinajstić information content (AvgIpc) is 2.78. The van der Waals surface area contributed by atoms with Crippen molar-refractivity contribution in [2.45, 2.75) is 13.0 Å². The van der Waals surface area contributed by atoms with Crippen LogP contribution in [0.2, 0.25) is 0 Å². The number of anilines is 1. The van der Waals surface area contributed by atoms with E-state index in [9.17, 15) is 4.39 Å². The van der Waals surface area contributed by atoms with Crippen molar-refractivity contribution in [1.29, 1.82) is 5.26 Å². The SMILES string of the molecule is CC(Nc1ccc(C#N)cc1F)c1ccc(Br)s1. The number of nitrogens with zero attached hydrogens (tertiary/aromatic N) is 1. The number of halogens is 2. The van der Waals surface area contributed by atoms with Crippen molar-refractivity contribution in [3.8, 4) is 6.07 Å². The van der Waals surface area contributed by atoms with Crippen molar-refractivity contribution in [2.24, 2.45) is 0 Å². The van der Waals surface area contributed by atoms with Crippen molar-refractivity contribution in [1.82, 2.24) is 0 Å². The van der Waals surface area contributed by atoms with Gasteiger partial charge in [0, 0.05) is 4.88 Å². The number of rotatable bonds is 3. The molecule has 0 aliphatic rings. The molecule has 0 fully saturated rings. The Kier molecular flexibility index (Phi) is 4.00. The summed E-state index contributed by atoms with van der Waals surface area (Å²) < 4.78 is 14.7. The third-order valence-corrected chi connectivity index (χ3v) is 4.30. The third-order valence-electron chi connectivity index (χ3n) is 2.49. The van der Waals surface area contributed by atoms with E-state index in [0.29, 0.717) is 11.3 Å². The molecule has 2 aromatic rings. The van der Waals surface area contributed by atoms with Gasteiger partial charge in [-0.25, -0.2) is 4.39 Å². The molecule has 0 radical (unpaired) electrons. The fourth-order valence-electron chi connectivity index (χ4n) is 1.57. The van der Waals surface area contributed by atoms with Crippen LogP contribution in [0.15, 0.2) is 34.1 Å². The summed E-state index contributed by atoms with van der Waals surface area (Å²) in [5.74, 6) is -0.406. The molecule has 2 nitrogen and oxygen atoms in total. The molecule has 0 aliphatic carbocycles. The van der Waals surface area contributed by atoms with Gasteiger partial charge in [-0.15, -0.1) is 11.3 Å². The highest BCUT2D eigenvalue weighted by Crippen LogP contribution is 2.30. The lowest BCUT2D eigenvalue weighted by atomic mass is 10.2. The Hall–Kier alpha value is -1.38. The molecule has 2 rings (SSSR count). The van der Waals surface area contributed by atoms with Gasteiger partial charge < -0.3 is 5.32 Å². The van der Waals surface area contributed by atoms with Crippen LogP contribution in [-0.4, -0.2) is 0 Å². The van der Waals surface area contributed by atoms with Crippen LogP contribution < -0.4 is 5.32 Å². The second-order valence-corrected chi connectivity index (χ2v) is 6.31. The zero-order chi connectivity index (χ0) is 13.1. The molecule has 18 heavy (non-hydrogen) atoms. The Morgan fingerprint density at radius 2 is 2.17 bits per heavy atom. The number of nitrogens with one attached hydrogen (secondary N) is 1. The summed E-state index contributed by atoms with van der Waals surface area (Å²) in [6, 6.07) is 10.3. The number of benzene rings is 1. The van der Waals surface area contributed by atoms with Gasteiger partial charge >= 0.3 is 0 Å². The molecule has 1 unspecified atom stereocenters. The molecular formula is C13H10BrFN2S. The molecule has 1 atom stereocenters. The highest BCUT2D eigenvalue weighted by molar-refractivity contribution is 9.11. The number of thiophene rings is 1. The van der Waals surface area contributed by atoms with Gasteiger partial charge in [0.15, 0.2) is 0 Å². The molecule has 0 bridgehead atoms. The first kappa shape index (κ1) is 13.1. The monoisotopic (exact) mass is 324 g/mol. The predicted molar refractivity (Wildman–Crippen MR) is 75.2 cm³/mol. The zero-order valence-electron chi connectivity index (χ0n) is 9.58. The van der Waals surface area contributed by atoms with Crippen LogP contribution in [0.3, 0.4) is 0 Å². The van der Waals surface area contributed by atoms with Gasteiger partial charge in [0.1, 0.15) is 5.82 Å². The molecule has 1 N–H and O–H groups in total. The first-order valence-electron chi connectivity index (χ1n) is 5.31. The Labute approximate surface area is 117 Å². The number of nitriles is 1. The molecule has 0 saturated heterocycles. The van der Waals surface area contributed by atoms with Gasteiger partial charge in [-0.3, -0.25) is 0 Å². The Morgan fingerprint density at radius 3 is 2.72 bits per heavy atom. The lowest BCUT2D eigenvalue weighted by molar-refractivity contribution is 0.627. The maximum Gasteiger partial charge on any atom is 0.147 e. The van der Waals surface area contributed by atoms with E-state index in [2.05, 4.69) is 21.2 Å². The Morgan fingerprint density at radius 1 is 1.39 bits per heavy atom. The minimum atomic E-state index is -0.406. The number of hydrogen-bond acceptors (Lipinski definition) is 3. The summed E-state index contributed by atoms with van der Waals surface area (Å²) >= 11 is 5.01. The van der Waals surface area contributed by atoms with Gasteiger partial charge in [-0.2, -0.15) is 5.26 Å². The van der Waals surface area contributed by atoms with Crippen molar-refractivity contribution < 1.29 is 4.39 Å². The standard InChI is InChI=1S/C13H10BrFN2S/c1-8(12-4-5-13(14)18-12)17-11-3-2-9(7-16)6-10(11)15/h2-6,8,17H,1H3. The molecule has 0 spiro atoms. The van der Waals surface area contributed by atoms with Gasteiger partial charge in [-0.1, -0.05) is 0 Å². The van der Waals surface area contributed by atoms with Crippen LogP contribution in [0.4, 0.5) is 10.1 Å². The van der Waals surface area contributed by atoms with Crippen LogP contribution in [0.1, 0.15) is 23.4 Å². The summed E-state index contributed by atoms with van der Waals surface area (Å²) in [5.41, 5.74) is 0.732. The predicted octanol–water partition coefficient (Wildman–Crippen LogP) is 4.69. The first-order valence-corrected chi connectivity index (χ1v) is 6.92. The molecule has 92 valence electrons. The van der Waals surface area contributed by atoms with Gasteiger partial charge in [0.2, 0.25) is 0 Å². The quantitative estimate of drug-likeness (QED) is 0.888. The minimum absolute atomic E-state index is 0.0173. The topological polar surface area (TPSA) is 35.8 Å². The number of hydrogen-bond donors (Lipinski definition) is 1. The molecule has 0 aliphatic heterocycles. The van der Waals surface area contributed by atoms with E-state index in [-0.39, 0.29) is 6.04 Å². The average molecular weight is 325 g/mol. The van der Waals surface area contributed by atoms with E-state index in [1.165, 1.54) is 6.07 Å². The summed E-state index contributed by atoms with van der Waals surface area (Å²) in [6.45, 7) is 1.97. The third kappa shape index (κ3) is 2.89. The molecule has 1 aromatic heterocycles. The molecule has 1 aromatic carbocycles. The maximum atomic E-state index is 13.7. The Balaban J connectivity index is 2.17. The van der Waals surface area contributed by atoms with E-state index >= 15 is 0 Å². The first-order chi connectivity index (χ1) is 8.60. The van der Waals surface area contributed by atoms with Crippen LogP contribution in [0.5, 0.6) is 0 Å². The lowest BCUT2D eigenvalue weighted by Gasteiger charge is -2.14. The second-order valence-electron chi connectivity index (χ2n) is 3.81. The second kappa shape index (κ2) is 5.51. The molecular weight excluding hydrogens is 315 g/mol. The highest BCUT2D eigenvalue weighted by atomic mass is 79.9. The fourth-order valence-corrected chi connectivity index (χ4v) is 2.99. The van der Waals surface area contributed by atoms with Crippen molar-refractivity contribution in [3.05, 3.63) is 50.4 Å². The summed E-state index contributed by atoms with van der Waals surface area (Å²) in [7, 11) is 0. The van der Waals surface area contributed by atoms with Crippen molar-refractivity contribution >= 4 is 33.0 Å². The van der Waals surface area contributed by atoms with E-state index in [1.54, 1.807) is 23.5 Å². The van der Waals surface area contributed by atoms with Crippen molar-refractivity contribution in [2.75, 3.05) is 5.32 Å². The summed E-state index contributed by atoms with van der Waals surface area (Å²) in [5, 5.41) is 11.8. The van der Waals surface area contributed by atoms with Crippen LogP contribution in [-0.2, 0) is 0 Å². The van der Waals surface area contributed by atoms with Crippen LogP contribution in [0, 0.1) is 17.1 Å². The smallest absolute Gasteiger partial charge is 0.147 e. The van der Waals surface area contributed by atoms with Crippen LogP contribution in [0.25, 0.3) is 0 Å². The molecule has 1 heterocycles. The van der Waals surface area contributed by atoms with Gasteiger partial charge in [0.25, 0.3) is 0 Å². The van der Waals surface area contributed by atoms with Gasteiger partial charge in [-0.05, 0) is 53.2 Å². The van der Waals surface area contributed by atoms with E-state index in [4.69, 9.17) is 5.26 Å². The fraction of sp³-hybridized carbons (Fsp3) is 0.154. The maximum absolute atomic E-state index is 13.7. The summed E-state index contributed by atoms with van der Waals surface area (Å²) in [6.07, 6.45) is 0. The largest absolute Gasteiger partial charge is 0.375 e. The normalized spacial score (nSPS) is 11.9. The van der Waals surface area contributed by atoms with Crippen LogP contribution >= 0.6 is 27.3 Å². The Bertz CT molecular complexity index is 603. The van der Waals surface area contributed by atoms with Gasteiger partial charge in [0.05, 0.1) is 27.1 Å². The molecule has 0 saturated carbocycles.